The summed E-state index contributed by atoms with van der Waals surface area (Å²) >= 11 is 0. The number of aromatic nitrogens is 2. The first-order valence-electron chi connectivity index (χ1n) is 8.27. The molecule has 0 radical (unpaired) electrons. The third kappa shape index (κ3) is 3.69. The molecule has 0 amide bonds. The average molecular weight is 344 g/mol. The zero-order chi connectivity index (χ0) is 18.0. The van der Waals surface area contributed by atoms with Crippen molar-refractivity contribution in [2.75, 3.05) is 6.54 Å². The van der Waals surface area contributed by atoms with Gasteiger partial charge in [0.15, 0.2) is 5.75 Å². The molecule has 0 atom stereocenters. The van der Waals surface area contributed by atoms with Gasteiger partial charge in [0.1, 0.15) is 5.82 Å². The third-order valence-electron chi connectivity index (χ3n) is 4.33. The van der Waals surface area contributed by atoms with E-state index in [0.29, 0.717) is 25.1 Å². The van der Waals surface area contributed by atoms with Crippen LogP contribution in [-0.2, 0) is 25.9 Å². The molecular formula is C17H20N4O4. The molecule has 2 aromatic rings. The maximum Gasteiger partial charge on any atom is 0.311 e. The molecule has 0 saturated heterocycles. The molecule has 1 aliphatic heterocycles. The number of phenolic OH excluding ortho intramolecular Hbond substituents is 1. The van der Waals surface area contributed by atoms with Crippen molar-refractivity contribution in [3.63, 3.8) is 0 Å². The van der Waals surface area contributed by atoms with Gasteiger partial charge in [-0.15, -0.1) is 0 Å². The normalized spacial score (nSPS) is 14.3. The first-order valence-corrected chi connectivity index (χ1v) is 8.27. The fourth-order valence-corrected chi connectivity index (χ4v) is 3.09. The van der Waals surface area contributed by atoms with Gasteiger partial charge in [0.2, 0.25) is 0 Å². The summed E-state index contributed by atoms with van der Waals surface area (Å²) in [4.78, 5) is 32.1. The standard InChI is InChI=1S/C17H20N4O4/c1-2-3-16-18-13-6-7-20(10-12(13)17(23)19-16)9-11-4-5-15(22)14(8-11)21(24)25/h4-5,8,22H,2-3,6-7,9-10H2,1H3,(H,18,19,23). The van der Waals surface area contributed by atoms with Crippen LogP contribution in [0.25, 0.3) is 0 Å². The lowest BCUT2D eigenvalue weighted by atomic mass is 10.1. The highest BCUT2D eigenvalue weighted by molar-refractivity contribution is 5.47. The van der Waals surface area contributed by atoms with Gasteiger partial charge < -0.3 is 10.1 Å². The fourth-order valence-electron chi connectivity index (χ4n) is 3.09. The summed E-state index contributed by atoms with van der Waals surface area (Å²) in [5.74, 6) is 0.385. The van der Waals surface area contributed by atoms with E-state index in [4.69, 9.17) is 0 Å². The van der Waals surface area contributed by atoms with Gasteiger partial charge in [-0.05, 0) is 18.1 Å². The van der Waals surface area contributed by atoms with Crippen molar-refractivity contribution in [1.29, 1.82) is 0 Å². The SMILES string of the molecule is CCCc1nc2c(c(=O)[nH]1)CN(Cc1ccc(O)c([N+](=O)[O-])c1)CC2. The molecule has 0 saturated carbocycles. The minimum atomic E-state index is -0.603. The van der Waals surface area contributed by atoms with Crippen molar-refractivity contribution in [3.8, 4) is 5.75 Å². The molecule has 2 heterocycles. The molecular weight excluding hydrogens is 324 g/mol. The number of nitrogens with zero attached hydrogens (tertiary/aromatic N) is 3. The Morgan fingerprint density at radius 2 is 2.24 bits per heavy atom. The molecule has 1 aromatic heterocycles. The van der Waals surface area contributed by atoms with E-state index in [9.17, 15) is 20.0 Å². The van der Waals surface area contributed by atoms with Crippen LogP contribution in [-0.4, -0.2) is 31.4 Å². The van der Waals surface area contributed by atoms with E-state index in [1.807, 2.05) is 6.92 Å². The van der Waals surface area contributed by atoms with E-state index in [1.165, 1.54) is 12.1 Å². The van der Waals surface area contributed by atoms with E-state index in [0.717, 1.165) is 36.5 Å². The summed E-state index contributed by atoms with van der Waals surface area (Å²) in [6.07, 6.45) is 2.35. The van der Waals surface area contributed by atoms with Gasteiger partial charge in [0.05, 0.1) is 16.2 Å². The van der Waals surface area contributed by atoms with Gasteiger partial charge in [-0.1, -0.05) is 13.0 Å². The molecule has 1 aromatic carbocycles. The predicted molar refractivity (Wildman–Crippen MR) is 91.4 cm³/mol. The number of nitrogens with one attached hydrogen (secondary N) is 1. The van der Waals surface area contributed by atoms with Crippen LogP contribution in [0.1, 0.15) is 36.0 Å². The molecule has 0 spiro atoms. The number of benzene rings is 1. The van der Waals surface area contributed by atoms with E-state index in [1.54, 1.807) is 6.07 Å². The summed E-state index contributed by atoms with van der Waals surface area (Å²) in [6.45, 7) is 3.69. The molecule has 0 aliphatic carbocycles. The lowest BCUT2D eigenvalue weighted by Crippen LogP contribution is -2.35. The molecule has 0 unspecified atom stereocenters. The number of aromatic hydroxyl groups is 1. The Hall–Kier alpha value is -2.74. The van der Waals surface area contributed by atoms with Crippen molar-refractivity contribution >= 4 is 5.69 Å². The summed E-state index contributed by atoms with van der Waals surface area (Å²) in [6, 6.07) is 4.36. The smallest absolute Gasteiger partial charge is 0.311 e. The monoisotopic (exact) mass is 344 g/mol. The first-order chi connectivity index (χ1) is 12.0. The van der Waals surface area contributed by atoms with Crippen LogP contribution < -0.4 is 5.56 Å². The van der Waals surface area contributed by atoms with Crippen molar-refractivity contribution in [1.82, 2.24) is 14.9 Å². The number of hydrogen-bond donors (Lipinski definition) is 2. The predicted octanol–water partition coefficient (Wildman–Crippen LogP) is 1.89. The Morgan fingerprint density at radius 1 is 1.44 bits per heavy atom. The quantitative estimate of drug-likeness (QED) is 0.633. The van der Waals surface area contributed by atoms with Crippen molar-refractivity contribution < 1.29 is 10.0 Å². The number of phenols is 1. The van der Waals surface area contributed by atoms with Crippen molar-refractivity contribution in [2.24, 2.45) is 0 Å². The summed E-state index contributed by atoms with van der Waals surface area (Å²) in [7, 11) is 0. The Balaban J connectivity index is 1.79. The molecule has 0 bridgehead atoms. The fraction of sp³-hybridized carbons (Fsp3) is 0.412. The highest BCUT2D eigenvalue weighted by atomic mass is 16.6. The Kier molecular flexibility index (Phi) is 4.80. The minimum absolute atomic E-state index is 0.102. The minimum Gasteiger partial charge on any atom is -0.502 e. The molecule has 0 fully saturated rings. The second-order valence-corrected chi connectivity index (χ2v) is 6.23. The van der Waals surface area contributed by atoms with Crippen molar-refractivity contribution in [2.45, 2.75) is 39.3 Å². The number of aromatic amines is 1. The van der Waals surface area contributed by atoms with E-state index < -0.39 is 4.92 Å². The summed E-state index contributed by atoms with van der Waals surface area (Å²) in [5, 5.41) is 20.5. The van der Waals surface area contributed by atoms with Gasteiger partial charge >= 0.3 is 5.69 Å². The van der Waals surface area contributed by atoms with E-state index in [2.05, 4.69) is 14.9 Å². The number of hydrogen-bond acceptors (Lipinski definition) is 6. The number of fused-ring (bicyclic) bond motifs is 1. The number of nitro benzene ring substituents is 1. The lowest BCUT2D eigenvalue weighted by Gasteiger charge is -2.27. The second-order valence-electron chi connectivity index (χ2n) is 6.23. The number of H-pyrrole nitrogens is 1. The van der Waals surface area contributed by atoms with Gasteiger partial charge in [0.25, 0.3) is 5.56 Å². The first kappa shape index (κ1) is 17.1. The average Bonchev–Trinajstić information content (AvgIpc) is 2.57. The summed E-state index contributed by atoms with van der Waals surface area (Å²) in [5.41, 5.74) is 1.83. The van der Waals surface area contributed by atoms with Gasteiger partial charge in [-0.25, -0.2) is 4.98 Å². The van der Waals surface area contributed by atoms with E-state index >= 15 is 0 Å². The maximum absolute atomic E-state index is 12.3. The Bertz CT molecular complexity index is 862. The van der Waals surface area contributed by atoms with Crippen molar-refractivity contribution in [3.05, 3.63) is 61.3 Å². The highest BCUT2D eigenvalue weighted by Gasteiger charge is 2.22. The van der Waals surface area contributed by atoms with Crippen LogP contribution >= 0.6 is 0 Å². The number of rotatable bonds is 5. The maximum atomic E-state index is 12.3. The number of nitro groups is 1. The van der Waals surface area contributed by atoms with Gasteiger partial charge in [-0.2, -0.15) is 0 Å². The summed E-state index contributed by atoms with van der Waals surface area (Å²) < 4.78 is 0. The molecule has 132 valence electrons. The largest absolute Gasteiger partial charge is 0.502 e. The van der Waals surface area contributed by atoms with Crippen LogP contribution in [0, 0.1) is 10.1 Å². The topological polar surface area (TPSA) is 112 Å². The molecule has 1 aliphatic rings. The van der Waals surface area contributed by atoms with Crippen LogP contribution in [0.4, 0.5) is 5.69 Å². The second kappa shape index (κ2) is 7.02. The van der Waals surface area contributed by atoms with Gasteiger partial charge in [-0.3, -0.25) is 19.8 Å². The Labute approximate surface area is 144 Å². The van der Waals surface area contributed by atoms with E-state index in [-0.39, 0.29) is 17.0 Å². The molecule has 3 rings (SSSR count). The number of aryl methyl sites for hydroxylation is 1. The Morgan fingerprint density at radius 3 is 2.96 bits per heavy atom. The van der Waals surface area contributed by atoms with Crippen LogP contribution in [0.3, 0.4) is 0 Å². The van der Waals surface area contributed by atoms with Crippen LogP contribution in [0.5, 0.6) is 5.75 Å². The zero-order valence-corrected chi connectivity index (χ0v) is 14.0. The third-order valence-corrected chi connectivity index (χ3v) is 4.33. The van der Waals surface area contributed by atoms with Crippen LogP contribution in [0.2, 0.25) is 0 Å². The van der Waals surface area contributed by atoms with Gasteiger partial charge in [0, 0.05) is 38.5 Å². The molecule has 8 nitrogen and oxygen atoms in total. The van der Waals surface area contributed by atoms with Crippen LogP contribution in [0.15, 0.2) is 23.0 Å². The molecule has 25 heavy (non-hydrogen) atoms. The molecule has 2 N–H and O–H groups in total. The molecule has 8 heteroatoms. The lowest BCUT2D eigenvalue weighted by molar-refractivity contribution is -0.385. The zero-order valence-electron chi connectivity index (χ0n) is 14.0. The highest BCUT2D eigenvalue weighted by Crippen LogP contribution is 2.27.